The Hall–Kier alpha value is -2.65. The molecular weight excluding hydrogens is 590 g/mol. The lowest BCUT2D eigenvalue weighted by Gasteiger charge is -2.45. The number of nitrogens with two attached hydrogens (primary N) is 1. The largest absolute Gasteiger partial charge is 0.369 e. The number of benzene rings is 1. The third-order valence-electron chi connectivity index (χ3n) is 10.7. The van der Waals surface area contributed by atoms with Crippen LogP contribution in [0.5, 0.6) is 0 Å². The van der Waals surface area contributed by atoms with Crippen LogP contribution in [0.1, 0.15) is 92.1 Å². The maximum Gasteiger partial charge on any atom is 0.244 e. The molecule has 0 spiro atoms. The van der Waals surface area contributed by atoms with Gasteiger partial charge >= 0.3 is 0 Å². The van der Waals surface area contributed by atoms with Crippen LogP contribution in [-0.2, 0) is 19.2 Å². The van der Waals surface area contributed by atoms with Crippen LogP contribution in [0.3, 0.4) is 0 Å². The van der Waals surface area contributed by atoms with Gasteiger partial charge in [0.15, 0.2) is 0 Å². The molecule has 4 rings (SSSR count). The van der Waals surface area contributed by atoms with E-state index in [1.54, 1.807) is 32.8 Å². The van der Waals surface area contributed by atoms with E-state index in [0.29, 0.717) is 24.5 Å². The predicted octanol–water partition coefficient (Wildman–Crippen LogP) is 4.52. The van der Waals surface area contributed by atoms with E-state index in [0.717, 1.165) is 31.2 Å². The number of halogens is 1. The Kier molecular flexibility index (Phi) is 10.1. The van der Waals surface area contributed by atoms with Crippen LogP contribution in [0.2, 0.25) is 5.02 Å². The topological polar surface area (TPSA) is 107 Å². The molecule has 4 amide bonds. The van der Waals surface area contributed by atoms with Gasteiger partial charge in [-0.3, -0.25) is 24.1 Å². The zero-order valence-corrected chi connectivity index (χ0v) is 29.5. The Morgan fingerprint density at radius 3 is 2.00 bits per heavy atom. The van der Waals surface area contributed by atoms with Gasteiger partial charge in [-0.05, 0) is 89.8 Å². The van der Waals surface area contributed by atoms with E-state index in [9.17, 15) is 19.2 Å². The maximum absolute atomic E-state index is 14.7. The number of hydrogen-bond acceptors (Lipinski definition) is 5. The molecule has 2 saturated heterocycles. The van der Waals surface area contributed by atoms with Gasteiger partial charge in [0.2, 0.25) is 23.6 Å². The highest BCUT2D eigenvalue weighted by atomic mass is 35.5. The lowest BCUT2D eigenvalue weighted by Crippen LogP contribution is -2.57. The summed E-state index contributed by atoms with van der Waals surface area (Å²) in [6.45, 7) is 15.6. The number of nitrogens with zero attached hydrogens (tertiary/aromatic N) is 4. The fourth-order valence-corrected chi connectivity index (χ4v) is 7.50. The summed E-state index contributed by atoms with van der Waals surface area (Å²) in [6.07, 6.45) is 3.81. The Labute approximate surface area is 274 Å². The Morgan fingerprint density at radius 2 is 1.49 bits per heavy atom. The van der Waals surface area contributed by atoms with Crippen molar-refractivity contribution in [2.75, 3.05) is 33.7 Å². The number of primary amides is 1. The molecule has 1 saturated carbocycles. The second-order valence-corrected chi connectivity index (χ2v) is 16.5. The van der Waals surface area contributed by atoms with Crippen LogP contribution in [0.4, 0.5) is 0 Å². The van der Waals surface area contributed by atoms with Gasteiger partial charge < -0.3 is 20.4 Å². The van der Waals surface area contributed by atoms with E-state index in [1.807, 2.05) is 29.2 Å². The van der Waals surface area contributed by atoms with Crippen molar-refractivity contribution in [1.82, 2.24) is 19.6 Å². The molecule has 0 radical (unpaired) electrons. The summed E-state index contributed by atoms with van der Waals surface area (Å²) in [7, 11) is 3.40. The van der Waals surface area contributed by atoms with Crippen LogP contribution < -0.4 is 5.73 Å². The van der Waals surface area contributed by atoms with Gasteiger partial charge in [0.25, 0.3) is 0 Å². The van der Waals surface area contributed by atoms with Crippen molar-refractivity contribution in [3.8, 4) is 0 Å². The number of likely N-dealkylation sites (N-methyl/N-ethyl adjacent to an activating group) is 1. The molecule has 45 heavy (non-hydrogen) atoms. The van der Waals surface area contributed by atoms with E-state index in [1.165, 1.54) is 4.90 Å². The SMILES string of the molecule is CN(C)C(=O)[C@@H]1C[C@H](N(C(=O)C(C)(C)C(N)=O)C2CCC(C)(C)CC2)CN1C(=O)C1CN(C(C)(C)C)C[C@H]1c1ccc(Cl)cc1. The number of carbonyl (C=O) groups is 4. The predicted molar refractivity (Wildman–Crippen MR) is 177 cm³/mol. The van der Waals surface area contributed by atoms with Crippen LogP contribution in [0, 0.1) is 16.7 Å². The first-order valence-corrected chi connectivity index (χ1v) is 16.8. The molecular formula is C35H54ClN5O4. The van der Waals surface area contributed by atoms with Crippen molar-refractivity contribution in [3.05, 3.63) is 34.9 Å². The van der Waals surface area contributed by atoms with E-state index >= 15 is 0 Å². The normalized spacial score (nSPS) is 26.1. The van der Waals surface area contributed by atoms with Gasteiger partial charge in [-0.1, -0.05) is 37.6 Å². The van der Waals surface area contributed by atoms with Crippen LogP contribution in [-0.4, -0.2) is 101 Å². The zero-order chi connectivity index (χ0) is 33.6. The lowest BCUT2D eigenvalue weighted by atomic mass is 9.74. The summed E-state index contributed by atoms with van der Waals surface area (Å²) < 4.78 is 0. The molecule has 1 aromatic rings. The highest BCUT2D eigenvalue weighted by Crippen LogP contribution is 2.42. The third kappa shape index (κ3) is 7.35. The standard InChI is InChI=1S/C35H54ClN5O4/c1-33(2,3)39-20-26(22-10-12-23(36)13-11-22)27(21-39)29(42)40-19-25(18-28(40)30(43)38(8)9)41(32(45)35(6,7)31(37)44)24-14-16-34(4,5)17-15-24/h10-13,24-28H,14-21H2,1-9H3,(H2,37,44)/t25-,26-,27?,28-/m0/s1. The zero-order valence-electron chi connectivity index (χ0n) is 28.7. The van der Waals surface area contributed by atoms with Gasteiger partial charge in [-0.2, -0.15) is 0 Å². The van der Waals surface area contributed by atoms with Crippen LogP contribution in [0.15, 0.2) is 24.3 Å². The summed E-state index contributed by atoms with van der Waals surface area (Å²) in [5.74, 6) is -1.69. The first kappa shape index (κ1) is 35.2. The van der Waals surface area contributed by atoms with E-state index in [-0.39, 0.29) is 53.1 Å². The molecule has 4 atom stereocenters. The van der Waals surface area contributed by atoms with Gasteiger partial charge in [0.1, 0.15) is 11.5 Å². The molecule has 2 heterocycles. The smallest absolute Gasteiger partial charge is 0.244 e. The fourth-order valence-electron chi connectivity index (χ4n) is 7.37. The molecule has 3 aliphatic rings. The van der Waals surface area contributed by atoms with Crippen LogP contribution in [0.25, 0.3) is 0 Å². The third-order valence-corrected chi connectivity index (χ3v) is 10.9. The second kappa shape index (κ2) is 12.9. The van der Waals surface area contributed by atoms with Gasteiger partial charge in [-0.15, -0.1) is 0 Å². The number of amides is 4. The first-order valence-electron chi connectivity index (χ1n) is 16.4. The molecule has 1 aliphatic carbocycles. The summed E-state index contributed by atoms with van der Waals surface area (Å²) in [4.78, 5) is 62.6. The fraction of sp³-hybridized carbons (Fsp3) is 0.714. The van der Waals surface area contributed by atoms with E-state index < -0.39 is 23.4 Å². The molecule has 250 valence electrons. The Balaban J connectivity index is 1.72. The number of likely N-dealkylation sites (tertiary alicyclic amines) is 2. The number of hydrogen-bond donors (Lipinski definition) is 1. The minimum Gasteiger partial charge on any atom is -0.369 e. The van der Waals surface area contributed by atoms with Gasteiger partial charge in [0, 0.05) is 56.3 Å². The minimum absolute atomic E-state index is 0.0734. The monoisotopic (exact) mass is 643 g/mol. The van der Waals surface area contributed by atoms with Gasteiger partial charge in [0.05, 0.1) is 12.0 Å². The molecule has 2 aliphatic heterocycles. The molecule has 9 nitrogen and oxygen atoms in total. The number of carbonyl (C=O) groups excluding carboxylic acids is 4. The summed E-state index contributed by atoms with van der Waals surface area (Å²) in [6, 6.07) is 6.49. The summed E-state index contributed by atoms with van der Waals surface area (Å²) in [5, 5.41) is 0.640. The molecule has 1 aromatic carbocycles. The number of rotatable bonds is 7. The van der Waals surface area contributed by atoms with Crippen molar-refractivity contribution in [2.45, 2.75) is 110 Å². The maximum atomic E-state index is 14.7. The molecule has 10 heteroatoms. The molecule has 2 N–H and O–H groups in total. The highest BCUT2D eigenvalue weighted by Gasteiger charge is 2.52. The molecule has 3 fully saturated rings. The average Bonchev–Trinajstić information content (AvgIpc) is 3.59. The summed E-state index contributed by atoms with van der Waals surface area (Å²) >= 11 is 6.22. The Bertz CT molecular complexity index is 1280. The summed E-state index contributed by atoms with van der Waals surface area (Å²) in [5.41, 5.74) is 5.41. The minimum atomic E-state index is -1.41. The molecule has 0 bridgehead atoms. The Morgan fingerprint density at radius 1 is 0.911 bits per heavy atom. The van der Waals surface area contributed by atoms with Crippen molar-refractivity contribution in [3.63, 3.8) is 0 Å². The van der Waals surface area contributed by atoms with Crippen molar-refractivity contribution >= 4 is 35.2 Å². The van der Waals surface area contributed by atoms with Crippen LogP contribution >= 0.6 is 11.6 Å². The van der Waals surface area contributed by atoms with E-state index in [4.69, 9.17) is 17.3 Å². The van der Waals surface area contributed by atoms with Gasteiger partial charge in [-0.25, -0.2) is 0 Å². The molecule has 1 unspecified atom stereocenters. The first-order chi connectivity index (χ1) is 20.7. The highest BCUT2D eigenvalue weighted by molar-refractivity contribution is 6.30. The van der Waals surface area contributed by atoms with Crippen molar-refractivity contribution < 1.29 is 19.2 Å². The average molecular weight is 644 g/mol. The van der Waals surface area contributed by atoms with Crippen molar-refractivity contribution in [1.29, 1.82) is 0 Å². The second-order valence-electron chi connectivity index (χ2n) is 16.1. The molecule has 0 aromatic heterocycles. The quantitative estimate of drug-likeness (QED) is 0.440. The van der Waals surface area contributed by atoms with Crippen molar-refractivity contribution in [2.24, 2.45) is 22.5 Å². The lowest BCUT2D eigenvalue weighted by molar-refractivity contribution is -0.152. The van der Waals surface area contributed by atoms with E-state index in [2.05, 4.69) is 39.5 Å².